The molecule has 0 spiro atoms. The van der Waals surface area contributed by atoms with Crippen LogP contribution < -0.4 is 15.2 Å². The van der Waals surface area contributed by atoms with Crippen LogP contribution in [0.15, 0.2) is 72.8 Å². The van der Waals surface area contributed by atoms with Crippen LogP contribution in [0.5, 0.6) is 11.5 Å². The number of nitrogens with two attached hydrogens (primary N) is 1. The van der Waals surface area contributed by atoms with E-state index < -0.39 is 21.1 Å². The molecule has 0 radical (unpaired) electrons. The molecule has 0 aliphatic rings. The molecule has 0 heterocycles. The molecule has 4 aromatic rings. The number of methoxy groups -OCH3 is 2. The van der Waals surface area contributed by atoms with Crippen LogP contribution in [0, 0.1) is 0 Å². The van der Waals surface area contributed by atoms with Crippen LogP contribution in [0.25, 0.3) is 21.5 Å². The summed E-state index contributed by atoms with van der Waals surface area (Å²) in [7, 11) is 10.6. The van der Waals surface area contributed by atoms with E-state index in [0.717, 1.165) is 44.2 Å². The molecule has 4 rings (SSSR count). The predicted molar refractivity (Wildman–Crippen MR) is 155 cm³/mol. The van der Waals surface area contributed by atoms with Gasteiger partial charge < -0.3 is 20.3 Å². The number of hydrogen-bond donors (Lipinski definition) is 2. The number of carbonyl (C=O) groups is 2. The Kier molecular flexibility index (Phi) is 11.8. The Morgan fingerprint density at radius 1 is 0.737 bits per heavy atom. The molecule has 0 fully saturated rings. The molecule has 2 atom stereocenters. The molecule has 0 aliphatic heterocycles. The summed E-state index contributed by atoms with van der Waals surface area (Å²) >= 11 is 0. The van der Waals surface area contributed by atoms with Crippen molar-refractivity contribution in [2.75, 3.05) is 14.2 Å². The molecule has 7 nitrogen and oxygen atoms in total. The molecular weight excluding hydrogens is 549 g/mol. The molecule has 0 bridgehead atoms. The van der Waals surface area contributed by atoms with Gasteiger partial charge in [0.25, 0.3) is 0 Å². The van der Waals surface area contributed by atoms with E-state index in [1.165, 1.54) is 0 Å². The number of amides is 1. The van der Waals surface area contributed by atoms with Crippen LogP contribution in [0.2, 0.25) is 0 Å². The standard InChI is InChI=1S/C14H15NO2.C14H14O3.Cl2OS/c2*1-9(14(15)16)10-3-4-12-8-13(17-2)6-5-11(12)7-10;1-4(2)3/h3-9H,1-2H3,(H2,15,16);3-9H,1-2H3,(H,15,16);. The average molecular weight is 579 g/mol. The van der Waals surface area contributed by atoms with E-state index in [2.05, 4.69) is 21.4 Å². The Balaban J connectivity index is 0.000000234. The number of hydrogen-bond acceptors (Lipinski definition) is 5. The average Bonchev–Trinajstić information content (AvgIpc) is 2.90. The number of carbonyl (C=O) groups excluding carboxylic acids is 1. The number of carboxylic acid groups (broad SMARTS) is 1. The van der Waals surface area contributed by atoms with Crippen LogP contribution in [-0.4, -0.2) is 35.4 Å². The molecule has 0 saturated carbocycles. The Bertz CT molecular complexity index is 1340. The lowest BCUT2D eigenvalue weighted by Gasteiger charge is -2.09. The zero-order chi connectivity index (χ0) is 28.4. The van der Waals surface area contributed by atoms with Gasteiger partial charge in [-0.1, -0.05) is 48.5 Å². The molecule has 10 heteroatoms. The van der Waals surface area contributed by atoms with Gasteiger partial charge in [0.1, 0.15) is 11.5 Å². The molecular formula is C28H29Cl2NO6S. The highest BCUT2D eigenvalue weighted by Gasteiger charge is 2.14. The van der Waals surface area contributed by atoms with Crippen molar-refractivity contribution >= 4 is 64.0 Å². The van der Waals surface area contributed by atoms with Gasteiger partial charge in [0.2, 0.25) is 15.1 Å². The van der Waals surface area contributed by atoms with Gasteiger partial charge in [-0.2, -0.15) is 0 Å². The normalized spacial score (nSPS) is 12.0. The fourth-order valence-corrected chi connectivity index (χ4v) is 3.58. The minimum absolute atomic E-state index is 0.262. The van der Waals surface area contributed by atoms with Crippen molar-refractivity contribution in [1.29, 1.82) is 0 Å². The highest BCUT2D eigenvalue weighted by atomic mass is 36.0. The number of halogens is 2. The van der Waals surface area contributed by atoms with E-state index in [0.29, 0.717) is 0 Å². The summed E-state index contributed by atoms with van der Waals surface area (Å²) in [5, 5.41) is 13.2. The van der Waals surface area contributed by atoms with Crippen molar-refractivity contribution in [2.45, 2.75) is 25.7 Å². The number of aliphatic carboxylic acids is 1. The number of carboxylic acids is 1. The molecule has 202 valence electrons. The summed E-state index contributed by atoms with van der Waals surface area (Å²) in [5.41, 5.74) is 7.05. The molecule has 0 aliphatic carbocycles. The predicted octanol–water partition coefficient (Wildman–Crippen LogP) is 6.52. The second-order valence-electron chi connectivity index (χ2n) is 8.31. The number of rotatable bonds is 6. The maximum atomic E-state index is 11.1. The maximum Gasteiger partial charge on any atom is 0.310 e. The van der Waals surface area contributed by atoms with Gasteiger partial charge in [-0.25, -0.2) is 4.21 Å². The van der Waals surface area contributed by atoms with E-state index in [1.54, 1.807) is 21.1 Å². The largest absolute Gasteiger partial charge is 0.497 e. The van der Waals surface area contributed by atoms with Crippen molar-refractivity contribution in [3.63, 3.8) is 0 Å². The third-order valence-corrected chi connectivity index (χ3v) is 5.94. The quantitative estimate of drug-likeness (QED) is 0.252. The van der Waals surface area contributed by atoms with Gasteiger partial charge >= 0.3 is 5.97 Å². The van der Waals surface area contributed by atoms with Crippen molar-refractivity contribution in [2.24, 2.45) is 5.73 Å². The minimum Gasteiger partial charge on any atom is -0.497 e. The molecule has 0 saturated heterocycles. The fourth-order valence-electron chi connectivity index (χ4n) is 3.58. The lowest BCUT2D eigenvalue weighted by molar-refractivity contribution is -0.138. The van der Waals surface area contributed by atoms with Crippen LogP contribution in [0.4, 0.5) is 0 Å². The second kappa shape index (κ2) is 14.6. The first-order valence-corrected chi connectivity index (χ1v) is 14.2. The lowest BCUT2D eigenvalue weighted by Crippen LogP contribution is -2.18. The van der Waals surface area contributed by atoms with Gasteiger partial charge in [-0.3, -0.25) is 9.59 Å². The number of benzene rings is 4. The van der Waals surface area contributed by atoms with Crippen molar-refractivity contribution in [3.05, 3.63) is 83.9 Å². The summed E-state index contributed by atoms with van der Waals surface area (Å²) in [5.74, 6) is -0.233. The molecule has 1 amide bonds. The molecule has 3 N–H and O–H groups in total. The van der Waals surface area contributed by atoms with Crippen LogP contribution in [0.3, 0.4) is 0 Å². The SMILES string of the molecule is COc1ccc2cc(C(C)C(=O)O)ccc2c1.COc1ccc2cc(C(C)C(N)=O)ccc2c1.O=S(Cl)Cl. The molecule has 4 aromatic carbocycles. The Morgan fingerprint density at radius 2 is 1.08 bits per heavy atom. The zero-order valence-electron chi connectivity index (χ0n) is 21.3. The number of fused-ring (bicyclic) bond motifs is 2. The van der Waals surface area contributed by atoms with Crippen molar-refractivity contribution in [3.8, 4) is 11.5 Å². The molecule has 38 heavy (non-hydrogen) atoms. The van der Waals surface area contributed by atoms with Gasteiger partial charge in [-0.15, -0.1) is 0 Å². The fraction of sp³-hybridized carbons (Fsp3) is 0.214. The van der Waals surface area contributed by atoms with Crippen molar-refractivity contribution in [1.82, 2.24) is 0 Å². The summed E-state index contributed by atoms with van der Waals surface area (Å²) in [6.07, 6.45) is 0. The first-order chi connectivity index (χ1) is 18.0. The minimum atomic E-state index is -1.67. The van der Waals surface area contributed by atoms with E-state index in [-0.39, 0.29) is 11.8 Å². The summed E-state index contributed by atoms with van der Waals surface area (Å²) in [4.78, 5) is 22.1. The van der Waals surface area contributed by atoms with E-state index >= 15 is 0 Å². The smallest absolute Gasteiger partial charge is 0.310 e. The first kappa shape index (κ1) is 30.9. The maximum absolute atomic E-state index is 11.1. The monoisotopic (exact) mass is 577 g/mol. The summed E-state index contributed by atoms with van der Waals surface area (Å²) in [6.45, 7) is 3.50. The number of ether oxygens (including phenoxy) is 2. The van der Waals surface area contributed by atoms with Gasteiger partial charge in [0.15, 0.2) is 0 Å². The van der Waals surface area contributed by atoms with Gasteiger partial charge in [0, 0.05) is 21.4 Å². The summed E-state index contributed by atoms with van der Waals surface area (Å²) < 4.78 is 19.4. The Hall–Kier alpha value is -3.33. The highest BCUT2D eigenvalue weighted by molar-refractivity contribution is 8.26. The van der Waals surface area contributed by atoms with E-state index in [9.17, 15) is 9.59 Å². The van der Waals surface area contributed by atoms with E-state index in [4.69, 9.17) is 24.5 Å². The third-order valence-electron chi connectivity index (χ3n) is 5.94. The Morgan fingerprint density at radius 3 is 1.42 bits per heavy atom. The van der Waals surface area contributed by atoms with Gasteiger partial charge in [0.05, 0.1) is 26.1 Å². The lowest BCUT2D eigenvalue weighted by atomic mass is 9.97. The van der Waals surface area contributed by atoms with Crippen LogP contribution in [-0.2, 0) is 18.8 Å². The highest BCUT2D eigenvalue weighted by Crippen LogP contribution is 2.26. The van der Waals surface area contributed by atoms with Gasteiger partial charge in [-0.05, 0) is 70.8 Å². The zero-order valence-corrected chi connectivity index (χ0v) is 23.6. The van der Waals surface area contributed by atoms with E-state index in [1.807, 2.05) is 79.7 Å². The van der Waals surface area contributed by atoms with Crippen LogP contribution >= 0.6 is 21.4 Å². The van der Waals surface area contributed by atoms with Crippen molar-refractivity contribution < 1.29 is 28.4 Å². The second-order valence-corrected chi connectivity index (χ2v) is 10.8. The van der Waals surface area contributed by atoms with Crippen LogP contribution in [0.1, 0.15) is 36.8 Å². The first-order valence-electron chi connectivity index (χ1n) is 11.4. The molecule has 0 aromatic heterocycles. The Labute approximate surface area is 232 Å². The molecule has 2 unspecified atom stereocenters. The summed E-state index contributed by atoms with van der Waals surface area (Å²) in [6, 6.07) is 23.2. The third kappa shape index (κ3) is 8.90. The topological polar surface area (TPSA) is 116 Å². The number of primary amides is 1.